The molecule has 0 aromatic heterocycles. The number of nitriles is 1. The quantitative estimate of drug-likeness (QED) is 0.815. The highest BCUT2D eigenvalue weighted by atomic mass is 19.1. The molecule has 1 saturated carbocycles. The predicted octanol–water partition coefficient (Wildman–Crippen LogP) is 3.23. The van der Waals surface area contributed by atoms with Crippen LogP contribution in [0.5, 0.6) is 0 Å². The summed E-state index contributed by atoms with van der Waals surface area (Å²) in [5.41, 5.74) is 1.68. The van der Waals surface area contributed by atoms with Gasteiger partial charge in [-0.15, -0.1) is 0 Å². The highest BCUT2D eigenvalue weighted by molar-refractivity contribution is 5.78. The molecule has 1 amide bonds. The summed E-state index contributed by atoms with van der Waals surface area (Å²) < 4.78 is 13.8. The summed E-state index contributed by atoms with van der Waals surface area (Å²) in [5, 5.41) is 11.5. The average molecular weight is 387 g/mol. The first kappa shape index (κ1) is 20.6. The Morgan fingerprint density at radius 1 is 1.21 bits per heavy atom. The summed E-state index contributed by atoms with van der Waals surface area (Å²) in [4.78, 5) is 16.3. The number of carbonyl (C=O) groups is 1. The molecule has 0 bridgehead atoms. The van der Waals surface area contributed by atoms with Gasteiger partial charge in [0.1, 0.15) is 12.2 Å². The molecule has 1 aliphatic carbocycles. The Morgan fingerprint density at radius 2 is 1.93 bits per heavy atom. The molecule has 1 aliphatic heterocycles. The van der Waals surface area contributed by atoms with E-state index in [0.717, 1.165) is 70.0 Å². The first-order valence-electron chi connectivity index (χ1n) is 10.4. The molecule has 6 heteroatoms. The van der Waals surface area contributed by atoms with E-state index in [1.165, 1.54) is 6.42 Å². The molecule has 1 aromatic rings. The van der Waals surface area contributed by atoms with Crippen LogP contribution < -0.4 is 10.2 Å². The minimum atomic E-state index is -0.141. The number of carbonyl (C=O) groups excluding carboxylic acids is 1. The summed E-state index contributed by atoms with van der Waals surface area (Å²) >= 11 is 0. The lowest BCUT2D eigenvalue weighted by Crippen LogP contribution is -2.47. The van der Waals surface area contributed by atoms with Gasteiger partial charge in [0.05, 0.1) is 6.07 Å². The van der Waals surface area contributed by atoms with Crippen molar-refractivity contribution in [2.45, 2.75) is 51.5 Å². The second kappa shape index (κ2) is 9.88. The minimum Gasteiger partial charge on any atom is -0.369 e. The highest BCUT2D eigenvalue weighted by Crippen LogP contribution is 2.27. The maximum absolute atomic E-state index is 13.8. The van der Waals surface area contributed by atoms with Gasteiger partial charge in [-0.05, 0) is 69.2 Å². The van der Waals surface area contributed by atoms with Crippen LogP contribution in [0, 0.1) is 30.0 Å². The largest absolute Gasteiger partial charge is 0.369 e. The van der Waals surface area contributed by atoms with Gasteiger partial charge in [-0.2, -0.15) is 5.26 Å². The average Bonchev–Trinajstić information content (AvgIpc) is 2.70. The number of amides is 1. The molecule has 152 valence electrons. The number of hydrogen-bond donors (Lipinski definition) is 1. The fourth-order valence-electron chi connectivity index (χ4n) is 4.32. The van der Waals surface area contributed by atoms with Gasteiger partial charge in [-0.3, -0.25) is 9.69 Å². The molecular weight excluding hydrogens is 355 g/mol. The van der Waals surface area contributed by atoms with Gasteiger partial charge >= 0.3 is 0 Å². The molecule has 3 rings (SSSR count). The Labute approximate surface area is 167 Å². The maximum Gasteiger partial charge on any atom is 0.234 e. The van der Waals surface area contributed by atoms with Crippen LogP contribution in [0.15, 0.2) is 18.2 Å². The van der Waals surface area contributed by atoms with Gasteiger partial charge in [0.25, 0.3) is 0 Å². The number of aryl methyl sites for hydroxylation is 1. The number of benzene rings is 1. The Hall–Kier alpha value is -2.13. The second-order valence-corrected chi connectivity index (χ2v) is 8.17. The molecule has 28 heavy (non-hydrogen) atoms. The number of nitrogens with one attached hydrogen (secondary N) is 1. The molecule has 0 spiro atoms. The zero-order valence-corrected chi connectivity index (χ0v) is 16.8. The smallest absolute Gasteiger partial charge is 0.234 e. The first-order valence-corrected chi connectivity index (χ1v) is 10.4. The van der Waals surface area contributed by atoms with E-state index >= 15 is 0 Å². The van der Waals surface area contributed by atoms with Crippen LogP contribution in [0.2, 0.25) is 0 Å². The van der Waals surface area contributed by atoms with Crippen LogP contribution in [-0.2, 0) is 4.79 Å². The number of hydrogen-bond acceptors (Lipinski definition) is 4. The van der Waals surface area contributed by atoms with Crippen LogP contribution >= 0.6 is 0 Å². The van der Waals surface area contributed by atoms with E-state index in [1.54, 1.807) is 13.0 Å². The van der Waals surface area contributed by atoms with E-state index in [4.69, 9.17) is 5.26 Å². The molecule has 2 aliphatic rings. The van der Waals surface area contributed by atoms with E-state index < -0.39 is 0 Å². The molecule has 0 atom stereocenters. The molecular formula is C22H31FN4O. The van der Waals surface area contributed by atoms with Gasteiger partial charge in [0, 0.05) is 37.9 Å². The molecule has 1 heterocycles. The Kier molecular flexibility index (Phi) is 7.27. The predicted molar refractivity (Wildman–Crippen MR) is 109 cm³/mol. The summed E-state index contributed by atoms with van der Waals surface area (Å²) in [6.07, 6.45) is 5.52. The molecule has 0 unspecified atom stereocenters. The van der Waals surface area contributed by atoms with Crippen molar-refractivity contribution in [1.82, 2.24) is 10.2 Å². The van der Waals surface area contributed by atoms with Crippen molar-refractivity contribution in [3.8, 4) is 6.07 Å². The van der Waals surface area contributed by atoms with E-state index in [2.05, 4.69) is 15.1 Å². The fraction of sp³-hybridized carbons (Fsp3) is 0.636. The third-order valence-corrected chi connectivity index (χ3v) is 6.20. The SMILES string of the molecule is Cc1ccc(N2CCN(CC[C@H]3CC[C@H](NC(=O)CC#N)CC3)CC2)cc1F. The first-order chi connectivity index (χ1) is 13.5. The summed E-state index contributed by atoms with van der Waals surface area (Å²) in [6.45, 7) is 6.85. The van der Waals surface area contributed by atoms with Gasteiger partial charge < -0.3 is 10.2 Å². The van der Waals surface area contributed by atoms with E-state index in [9.17, 15) is 9.18 Å². The zero-order valence-electron chi connectivity index (χ0n) is 16.8. The van der Waals surface area contributed by atoms with Crippen molar-refractivity contribution in [2.24, 2.45) is 5.92 Å². The number of halogens is 1. The monoisotopic (exact) mass is 386 g/mol. The summed E-state index contributed by atoms with van der Waals surface area (Å²) in [5.74, 6) is 0.463. The molecule has 5 nitrogen and oxygen atoms in total. The van der Waals surface area contributed by atoms with Crippen LogP contribution in [-0.4, -0.2) is 49.6 Å². The number of rotatable bonds is 6. The topological polar surface area (TPSA) is 59.4 Å². The zero-order chi connectivity index (χ0) is 19.9. The number of nitrogens with zero attached hydrogens (tertiary/aromatic N) is 3. The molecule has 1 N–H and O–H groups in total. The van der Waals surface area contributed by atoms with Crippen LogP contribution in [0.4, 0.5) is 10.1 Å². The normalized spacial score (nSPS) is 23.2. The molecule has 0 radical (unpaired) electrons. The van der Waals surface area contributed by atoms with Crippen LogP contribution in [0.3, 0.4) is 0 Å². The number of anilines is 1. The minimum absolute atomic E-state index is 0.0405. The Bertz CT molecular complexity index is 701. The van der Waals surface area contributed by atoms with Gasteiger partial charge in [-0.1, -0.05) is 6.07 Å². The highest BCUT2D eigenvalue weighted by Gasteiger charge is 2.24. The van der Waals surface area contributed by atoms with Crippen LogP contribution in [0.25, 0.3) is 0 Å². The van der Waals surface area contributed by atoms with Crippen molar-refractivity contribution in [1.29, 1.82) is 5.26 Å². The van der Waals surface area contributed by atoms with E-state index in [0.29, 0.717) is 5.56 Å². The third-order valence-electron chi connectivity index (χ3n) is 6.20. The lowest BCUT2D eigenvalue weighted by molar-refractivity contribution is -0.121. The Balaban J connectivity index is 1.34. The van der Waals surface area contributed by atoms with Crippen LogP contribution in [0.1, 0.15) is 44.1 Å². The van der Waals surface area contributed by atoms with Crippen molar-refractivity contribution in [3.63, 3.8) is 0 Å². The van der Waals surface area contributed by atoms with Gasteiger partial charge in [0.15, 0.2) is 0 Å². The lowest BCUT2D eigenvalue weighted by Gasteiger charge is -2.37. The molecule has 2 fully saturated rings. The summed E-state index contributed by atoms with van der Waals surface area (Å²) in [7, 11) is 0. The molecule has 1 aromatic carbocycles. The summed E-state index contributed by atoms with van der Waals surface area (Å²) in [6, 6.07) is 7.67. The van der Waals surface area contributed by atoms with Crippen molar-refractivity contribution >= 4 is 11.6 Å². The van der Waals surface area contributed by atoms with Gasteiger partial charge in [-0.25, -0.2) is 4.39 Å². The van der Waals surface area contributed by atoms with E-state index in [-0.39, 0.29) is 24.2 Å². The van der Waals surface area contributed by atoms with Gasteiger partial charge in [0.2, 0.25) is 5.91 Å². The standard InChI is InChI=1S/C22H31FN4O/c1-17-2-7-20(16-21(17)23)27-14-12-26(13-15-27)11-9-18-3-5-19(6-4-18)25-22(28)8-10-24/h2,7,16,18-19H,3-6,8-9,11-15H2,1H3,(H,25,28)/t18-,19-. The van der Waals surface area contributed by atoms with Crippen molar-refractivity contribution in [3.05, 3.63) is 29.6 Å². The second-order valence-electron chi connectivity index (χ2n) is 8.17. The molecule has 1 saturated heterocycles. The number of piperazine rings is 1. The van der Waals surface area contributed by atoms with Crippen molar-refractivity contribution < 1.29 is 9.18 Å². The Morgan fingerprint density at radius 3 is 2.57 bits per heavy atom. The third kappa shape index (κ3) is 5.68. The fourth-order valence-corrected chi connectivity index (χ4v) is 4.32. The lowest BCUT2D eigenvalue weighted by atomic mass is 9.84. The van der Waals surface area contributed by atoms with E-state index in [1.807, 2.05) is 18.2 Å². The maximum atomic E-state index is 13.8. The van der Waals surface area contributed by atoms with Crippen molar-refractivity contribution in [2.75, 3.05) is 37.6 Å².